The minimum Gasteiger partial charge on any atom is -0.457 e. The Balaban J connectivity index is 1.79. The maximum Gasteiger partial charge on any atom is 0.416 e. The first-order valence-electron chi connectivity index (χ1n) is 7.46. The van der Waals surface area contributed by atoms with Gasteiger partial charge in [-0.1, -0.05) is 12.1 Å². The van der Waals surface area contributed by atoms with E-state index in [0.717, 1.165) is 23.5 Å². The van der Waals surface area contributed by atoms with Gasteiger partial charge in [0.1, 0.15) is 16.3 Å². The number of nitrogens with zero attached hydrogens (tertiary/aromatic N) is 2. The minimum absolute atomic E-state index is 0.171. The lowest BCUT2D eigenvalue weighted by Crippen LogP contribution is -2.16. The highest BCUT2D eigenvalue weighted by molar-refractivity contribution is 7.20. The van der Waals surface area contributed by atoms with Crippen molar-refractivity contribution in [2.24, 2.45) is 7.05 Å². The van der Waals surface area contributed by atoms with E-state index in [0.29, 0.717) is 21.3 Å². The van der Waals surface area contributed by atoms with Crippen molar-refractivity contribution in [3.63, 3.8) is 0 Å². The predicted octanol–water partition coefficient (Wildman–Crippen LogP) is 3.68. The number of rotatable bonds is 3. The highest BCUT2D eigenvalue weighted by atomic mass is 32.1. The van der Waals surface area contributed by atoms with Gasteiger partial charge >= 0.3 is 12.1 Å². The molecule has 0 aliphatic rings. The average molecular weight is 382 g/mol. The maximum absolute atomic E-state index is 12.5. The lowest BCUT2D eigenvalue weighted by atomic mass is 10.1. The zero-order valence-electron chi connectivity index (χ0n) is 13.8. The summed E-state index contributed by atoms with van der Waals surface area (Å²) in [7, 11) is 1.56. The highest BCUT2D eigenvalue weighted by Gasteiger charge is 2.30. The molecule has 3 rings (SSSR count). The molecule has 0 unspecified atom stereocenters. The number of esters is 1. The number of aromatic nitrogens is 2. The molecule has 0 fully saturated rings. The zero-order chi connectivity index (χ0) is 19.1. The number of carbonyl (C=O) groups is 1. The Morgan fingerprint density at radius 1 is 1.27 bits per heavy atom. The van der Waals surface area contributed by atoms with Crippen LogP contribution in [0.3, 0.4) is 0 Å². The van der Waals surface area contributed by atoms with Crippen LogP contribution in [0.4, 0.5) is 13.2 Å². The molecule has 0 aliphatic heterocycles. The van der Waals surface area contributed by atoms with Crippen molar-refractivity contribution in [2.75, 3.05) is 0 Å². The first kappa shape index (κ1) is 18.1. The van der Waals surface area contributed by atoms with Crippen molar-refractivity contribution in [1.29, 1.82) is 0 Å². The van der Waals surface area contributed by atoms with Crippen LogP contribution in [0.2, 0.25) is 0 Å². The summed E-state index contributed by atoms with van der Waals surface area (Å²) < 4.78 is 44.1. The summed E-state index contributed by atoms with van der Waals surface area (Å²) in [5, 5.41) is 0.362. The van der Waals surface area contributed by atoms with Crippen LogP contribution in [-0.4, -0.2) is 15.5 Å². The number of benzene rings is 1. The maximum atomic E-state index is 12.5. The van der Waals surface area contributed by atoms with Gasteiger partial charge in [-0.05, 0) is 30.2 Å². The first-order chi connectivity index (χ1) is 12.2. The van der Waals surface area contributed by atoms with Crippen molar-refractivity contribution < 1.29 is 22.7 Å². The average Bonchev–Trinajstić information content (AvgIpc) is 2.93. The van der Waals surface area contributed by atoms with Crippen molar-refractivity contribution in [2.45, 2.75) is 19.7 Å². The van der Waals surface area contributed by atoms with Crippen molar-refractivity contribution in [3.8, 4) is 0 Å². The molecular formula is C17H13F3N2O3S. The molecule has 3 aromatic rings. The van der Waals surface area contributed by atoms with E-state index in [-0.39, 0.29) is 17.0 Å². The minimum atomic E-state index is -4.41. The van der Waals surface area contributed by atoms with Gasteiger partial charge in [-0.25, -0.2) is 9.78 Å². The molecule has 0 atom stereocenters. The number of alkyl halides is 3. The lowest BCUT2D eigenvalue weighted by Gasteiger charge is -2.08. The molecule has 2 aromatic heterocycles. The summed E-state index contributed by atoms with van der Waals surface area (Å²) in [6.07, 6.45) is -3.04. The van der Waals surface area contributed by atoms with Crippen LogP contribution in [0.25, 0.3) is 10.2 Å². The number of thiophene rings is 1. The van der Waals surface area contributed by atoms with Gasteiger partial charge in [0, 0.05) is 7.05 Å². The largest absolute Gasteiger partial charge is 0.457 e. The summed E-state index contributed by atoms with van der Waals surface area (Å²) in [4.78, 5) is 29.3. The molecule has 9 heteroatoms. The molecule has 0 saturated carbocycles. The molecule has 2 heterocycles. The third-order valence-electron chi connectivity index (χ3n) is 3.85. The number of ether oxygens (including phenoxy) is 1. The standard InChI is InChI=1S/C17H13F3N2O3S/c1-9-12-14(21-8-22(2)15(12)23)26-13(9)16(24)25-7-10-3-5-11(6-4-10)17(18,19)20/h3-6,8H,7H2,1-2H3. The van der Waals surface area contributed by atoms with Crippen molar-refractivity contribution in [1.82, 2.24) is 9.55 Å². The summed E-state index contributed by atoms with van der Waals surface area (Å²) in [6, 6.07) is 4.37. The number of fused-ring (bicyclic) bond motifs is 1. The number of hydrogen-bond donors (Lipinski definition) is 0. The molecule has 1 aromatic carbocycles. The van der Waals surface area contributed by atoms with E-state index in [1.54, 1.807) is 14.0 Å². The number of hydrogen-bond acceptors (Lipinski definition) is 5. The van der Waals surface area contributed by atoms with Gasteiger partial charge in [0.2, 0.25) is 0 Å². The van der Waals surface area contributed by atoms with Gasteiger partial charge in [-0.15, -0.1) is 11.3 Å². The molecule has 0 bridgehead atoms. The number of halogens is 3. The Morgan fingerprint density at radius 2 is 1.92 bits per heavy atom. The van der Waals surface area contributed by atoms with E-state index < -0.39 is 17.7 Å². The normalized spacial score (nSPS) is 11.7. The van der Waals surface area contributed by atoms with E-state index >= 15 is 0 Å². The van der Waals surface area contributed by atoms with Gasteiger partial charge in [0.25, 0.3) is 5.56 Å². The molecule has 136 valence electrons. The fraction of sp³-hybridized carbons (Fsp3) is 0.235. The molecule has 0 radical (unpaired) electrons. The Morgan fingerprint density at radius 3 is 2.54 bits per heavy atom. The second-order valence-corrected chi connectivity index (χ2v) is 6.67. The highest BCUT2D eigenvalue weighted by Crippen LogP contribution is 2.30. The molecular weight excluding hydrogens is 369 g/mol. The van der Waals surface area contributed by atoms with E-state index in [1.807, 2.05) is 0 Å². The lowest BCUT2D eigenvalue weighted by molar-refractivity contribution is -0.137. The van der Waals surface area contributed by atoms with Gasteiger partial charge in [-0.2, -0.15) is 13.2 Å². The summed E-state index contributed by atoms with van der Waals surface area (Å²) in [5.41, 5.74) is -0.115. The quantitative estimate of drug-likeness (QED) is 0.649. The smallest absolute Gasteiger partial charge is 0.416 e. The van der Waals surface area contributed by atoms with Gasteiger partial charge in [-0.3, -0.25) is 4.79 Å². The third kappa shape index (κ3) is 3.34. The molecule has 5 nitrogen and oxygen atoms in total. The van der Waals surface area contributed by atoms with E-state index in [1.165, 1.54) is 23.0 Å². The van der Waals surface area contributed by atoms with Gasteiger partial charge in [0.15, 0.2) is 0 Å². The summed E-state index contributed by atoms with van der Waals surface area (Å²) in [5.74, 6) is -0.646. The summed E-state index contributed by atoms with van der Waals surface area (Å²) >= 11 is 1.05. The van der Waals surface area contributed by atoms with Crippen LogP contribution < -0.4 is 5.56 Å². The summed E-state index contributed by atoms with van der Waals surface area (Å²) in [6.45, 7) is 1.47. The van der Waals surface area contributed by atoms with E-state index in [4.69, 9.17) is 4.74 Å². The first-order valence-corrected chi connectivity index (χ1v) is 8.28. The van der Waals surface area contributed by atoms with Gasteiger partial charge in [0.05, 0.1) is 17.3 Å². The third-order valence-corrected chi connectivity index (χ3v) is 5.03. The Bertz CT molecular complexity index is 1040. The SMILES string of the molecule is Cc1c(C(=O)OCc2ccc(C(F)(F)F)cc2)sc2ncn(C)c(=O)c12. The Hall–Kier alpha value is -2.68. The van der Waals surface area contributed by atoms with Crippen molar-refractivity contribution in [3.05, 3.63) is 62.5 Å². The molecule has 0 saturated heterocycles. The van der Waals surface area contributed by atoms with Crippen LogP contribution in [-0.2, 0) is 24.6 Å². The second-order valence-electron chi connectivity index (χ2n) is 5.67. The molecule has 0 aliphatic carbocycles. The van der Waals surface area contributed by atoms with E-state index in [9.17, 15) is 22.8 Å². The van der Waals surface area contributed by atoms with Gasteiger partial charge < -0.3 is 9.30 Å². The van der Waals surface area contributed by atoms with Crippen LogP contribution in [0.15, 0.2) is 35.4 Å². The van der Waals surface area contributed by atoms with Crippen LogP contribution in [0.1, 0.15) is 26.4 Å². The number of aryl methyl sites for hydroxylation is 2. The second kappa shape index (κ2) is 6.56. The van der Waals surface area contributed by atoms with Crippen LogP contribution >= 0.6 is 11.3 Å². The fourth-order valence-electron chi connectivity index (χ4n) is 2.41. The zero-order valence-corrected chi connectivity index (χ0v) is 14.6. The Kier molecular flexibility index (Phi) is 4.57. The topological polar surface area (TPSA) is 61.2 Å². The number of carbonyl (C=O) groups excluding carboxylic acids is 1. The van der Waals surface area contributed by atoms with Crippen molar-refractivity contribution >= 4 is 27.5 Å². The van der Waals surface area contributed by atoms with Crippen LogP contribution in [0, 0.1) is 6.92 Å². The Labute approximate surface area is 149 Å². The van der Waals surface area contributed by atoms with E-state index in [2.05, 4.69) is 4.98 Å². The molecule has 0 amide bonds. The predicted molar refractivity (Wildman–Crippen MR) is 90.2 cm³/mol. The van der Waals surface area contributed by atoms with Crippen LogP contribution in [0.5, 0.6) is 0 Å². The molecule has 26 heavy (non-hydrogen) atoms. The fourth-order valence-corrected chi connectivity index (χ4v) is 3.44. The molecule has 0 spiro atoms. The monoisotopic (exact) mass is 382 g/mol. The molecule has 0 N–H and O–H groups in total.